The van der Waals surface area contributed by atoms with Crippen molar-refractivity contribution in [3.63, 3.8) is 0 Å². The summed E-state index contributed by atoms with van der Waals surface area (Å²) in [6, 6.07) is 12.3. The summed E-state index contributed by atoms with van der Waals surface area (Å²) in [6.07, 6.45) is 0.725. The van der Waals surface area contributed by atoms with Gasteiger partial charge in [0, 0.05) is 12.0 Å². The molecule has 0 aromatic heterocycles. The van der Waals surface area contributed by atoms with E-state index in [1.54, 1.807) is 0 Å². The number of carbonyl (C=O) groups is 2. The van der Waals surface area contributed by atoms with Crippen LogP contribution in [0.1, 0.15) is 23.2 Å². The van der Waals surface area contributed by atoms with Gasteiger partial charge in [0.2, 0.25) is 11.7 Å². The predicted molar refractivity (Wildman–Crippen MR) is 103 cm³/mol. The van der Waals surface area contributed by atoms with Crippen molar-refractivity contribution in [3.8, 4) is 23.0 Å². The number of ether oxygens (including phenoxy) is 4. The smallest absolute Gasteiger partial charge is 0.269 e. The lowest BCUT2D eigenvalue weighted by molar-refractivity contribution is -0.122. The number of carbonyl (C=O) groups excluding carboxylic acids is 2. The largest absolute Gasteiger partial charge is 0.494 e. The molecule has 0 saturated heterocycles. The minimum atomic E-state index is -0.506. The zero-order valence-corrected chi connectivity index (χ0v) is 16.1. The molecule has 150 valence electrons. The second kappa shape index (κ2) is 10.7. The van der Waals surface area contributed by atoms with Gasteiger partial charge in [0.25, 0.3) is 5.91 Å². The summed E-state index contributed by atoms with van der Waals surface area (Å²) >= 11 is 0. The zero-order chi connectivity index (χ0) is 20.4. The third-order valence-electron chi connectivity index (χ3n) is 3.80. The quantitative estimate of drug-likeness (QED) is 0.506. The van der Waals surface area contributed by atoms with Crippen LogP contribution in [0.3, 0.4) is 0 Å². The second-order valence-corrected chi connectivity index (χ2v) is 5.68. The summed E-state index contributed by atoms with van der Waals surface area (Å²) < 4.78 is 21.2. The molecule has 2 aromatic carbocycles. The van der Waals surface area contributed by atoms with Crippen LogP contribution < -0.4 is 29.8 Å². The maximum absolute atomic E-state index is 12.3. The van der Waals surface area contributed by atoms with Crippen molar-refractivity contribution in [1.29, 1.82) is 0 Å². The van der Waals surface area contributed by atoms with E-state index in [1.807, 2.05) is 30.3 Å². The van der Waals surface area contributed by atoms with Crippen molar-refractivity contribution in [2.45, 2.75) is 12.8 Å². The Morgan fingerprint density at radius 3 is 2.11 bits per heavy atom. The highest BCUT2D eigenvalue weighted by Gasteiger charge is 2.17. The summed E-state index contributed by atoms with van der Waals surface area (Å²) in [4.78, 5) is 24.2. The highest BCUT2D eigenvalue weighted by molar-refractivity contribution is 5.96. The van der Waals surface area contributed by atoms with Crippen LogP contribution >= 0.6 is 0 Å². The highest BCUT2D eigenvalue weighted by atomic mass is 16.5. The summed E-state index contributed by atoms with van der Waals surface area (Å²) in [7, 11) is 4.39. The molecule has 0 radical (unpaired) electrons. The van der Waals surface area contributed by atoms with Crippen molar-refractivity contribution >= 4 is 11.8 Å². The van der Waals surface area contributed by atoms with Gasteiger partial charge in [-0.2, -0.15) is 0 Å². The van der Waals surface area contributed by atoms with Crippen LogP contribution in [0.5, 0.6) is 23.0 Å². The Bertz CT molecular complexity index is 770. The van der Waals surface area contributed by atoms with Crippen LogP contribution in [0.4, 0.5) is 0 Å². The standard InChI is InChI=1S/C20H24N2O6/c1-25-16-12-14(13-17(26-2)19(16)27-3)20(24)22-21-18(23)10-7-11-28-15-8-5-4-6-9-15/h4-6,8-9,12-13H,7,10-11H2,1-3H3,(H,21,23)(H,22,24). The molecular weight excluding hydrogens is 364 g/mol. The van der Waals surface area contributed by atoms with E-state index in [1.165, 1.54) is 33.5 Å². The molecule has 0 spiro atoms. The molecule has 0 fully saturated rings. The number of hydrazine groups is 1. The number of hydrogen-bond acceptors (Lipinski definition) is 6. The number of para-hydroxylation sites is 1. The van der Waals surface area contributed by atoms with E-state index in [9.17, 15) is 9.59 Å². The Kier molecular flexibility index (Phi) is 7.95. The molecule has 8 nitrogen and oxygen atoms in total. The van der Waals surface area contributed by atoms with Crippen LogP contribution in [0.2, 0.25) is 0 Å². The van der Waals surface area contributed by atoms with E-state index in [4.69, 9.17) is 18.9 Å². The molecule has 0 unspecified atom stereocenters. The number of methoxy groups -OCH3 is 3. The zero-order valence-electron chi connectivity index (χ0n) is 16.1. The summed E-state index contributed by atoms with van der Waals surface area (Å²) in [5, 5.41) is 0. The van der Waals surface area contributed by atoms with Gasteiger partial charge in [0.05, 0.1) is 27.9 Å². The molecule has 0 bridgehead atoms. The monoisotopic (exact) mass is 388 g/mol. The first-order chi connectivity index (χ1) is 13.6. The van der Waals surface area contributed by atoms with E-state index in [-0.39, 0.29) is 17.9 Å². The number of amides is 2. The van der Waals surface area contributed by atoms with Gasteiger partial charge >= 0.3 is 0 Å². The van der Waals surface area contributed by atoms with Crippen LogP contribution in [0.15, 0.2) is 42.5 Å². The SMILES string of the molecule is COc1cc(C(=O)NNC(=O)CCCOc2ccccc2)cc(OC)c1OC. The Labute approximate surface area is 163 Å². The average molecular weight is 388 g/mol. The van der Waals surface area contributed by atoms with Crippen molar-refractivity contribution in [3.05, 3.63) is 48.0 Å². The third-order valence-corrected chi connectivity index (χ3v) is 3.80. The van der Waals surface area contributed by atoms with Crippen LogP contribution in [0, 0.1) is 0 Å². The van der Waals surface area contributed by atoms with E-state index >= 15 is 0 Å². The predicted octanol–water partition coefficient (Wildman–Crippen LogP) is 2.33. The summed E-state index contributed by atoms with van der Waals surface area (Å²) in [5.74, 6) is 0.987. The van der Waals surface area contributed by atoms with Crippen molar-refractivity contribution in [1.82, 2.24) is 10.9 Å². The van der Waals surface area contributed by atoms with Crippen LogP contribution in [-0.4, -0.2) is 39.8 Å². The number of hydrogen-bond donors (Lipinski definition) is 2. The lowest BCUT2D eigenvalue weighted by atomic mass is 10.1. The lowest BCUT2D eigenvalue weighted by Gasteiger charge is -2.14. The Morgan fingerprint density at radius 2 is 1.54 bits per heavy atom. The number of benzene rings is 2. The molecule has 0 aliphatic carbocycles. The molecule has 0 saturated carbocycles. The van der Waals surface area contributed by atoms with E-state index < -0.39 is 5.91 Å². The molecule has 8 heteroatoms. The van der Waals surface area contributed by atoms with Gasteiger partial charge in [0.1, 0.15) is 5.75 Å². The molecule has 2 rings (SSSR count). The minimum Gasteiger partial charge on any atom is -0.494 e. The Morgan fingerprint density at radius 1 is 0.893 bits per heavy atom. The second-order valence-electron chi connectivity index (χ2n) is 5.68. The topological polar surface area (TPSA) is 95.1 Å². The molecule has 0 heterocycles. The van der Waals surface area contributed by atoms with Gasteiger partial charge in [-0.1, -0.05) is 18.2 Å². The molecular formula is C20H24N2O6. The molecule has 0 atom stereocenters. The van der Waals surface area contributed by atoms with Gasteiger partial charge < -0.3 is 18.9 Å². The normalized spacial score (nSPS) is 9.96. The maximum Gasteiger partial charge on any atom is 0.269 e. The average Bonchev–Trinajstić information content (AvgIpc) is 2.74. The Balaban J connectivity index is 1.82. The van der Waals surface area contributed by atoms with Gasteiger partial charge in [-0.15, -0.1) is 0 Å². The highest BCUT2D eigenvalue weighted by Crippen LogP contribution is 2.38. The van der Waals surface area contributed by atoms with Crippen LogP contribution in [-0.2, 0) is 4.79 Å². The third kappa shape index (κ3) is 5.80. The van der Waals surface area contributed by atoms with Crippen molar-refractivity contribution < 1.29 is 28.5 Å². The summed E-state index contributed by atoms with van der Waals surface area (Å²) in [5.41, 5.74) is 4.99. The maximum atomic E-state index is 12.3. The van der Waals surface area contributed by atoms with E-state index in [0.29, 0.717) is 30.3 Å². The van der Waals surface area contributed by atoms with E-state index in [2.05, 4.69) is 10.9 Å². The molecule has 0 aliphatic heterocycles. The van der Waals surface area contributed by atoms with Gasteiger partial charge in [-0.05, 0) is 30.7 Å². The fraction of sp³-hybridized carbons (Fsp3) is 0.300. The van der Waals surface area contributed by atoms with Gasteiger partial charge in [-0.25, -0.2) is 0 Å². The summed E-state index contributed by atoms with van der Waals surface area (Å²) in [6.45, 7) is 0.401. The first kappa shape index (κ1) is 20.9. The molecule has 2 N–H and O–H groups in total. The van der Waals surface area contributed by atoms with Gasteiger partial charge in [0.15, 0.2) is 11.5 Å². The number of nitrogens with one attached hydrogen (secondary N) is 2. The fourth-order valence-corrected chi connectivity index (χ4v) is 2.41. The van der Waals surface area contributed by atoms with Gasteiger partial charge in [-0.3, -0.25) is 20.4 Å². The molecule has 28 heavy (non-hydrogen) atoms. The minimum absolute atomic E-state index is 0.211. The van der Waals surface area contributed by atoms with Crippen molar-refractivity contribution in [2.24, 2.45) is 0 Å². The first-order valence-electron chi connectivity index (χ1n) is 8.66. The number of rotatable bonds is 9. The fourth-order valence-electron chi connectivity index (χ4n) is 2.41. The van der Waals surface area contributed by atoms with Crippen LogP contribution in [0.25, 0.3) is 0 Å². The molecule has 0 aliphatic rings. The van der Waals surface area contributed by atoms with E-state index in [0.717, 1.165) is 5.75 Å². The first-order valence-corrected chi connectivity index (χ1v) is 8.66. The van der Waals surface area contributed by atoms with Crippen molar-refractivity contribution in [2.75, 3.05) is 27.9 Å². The lowest BCUT2D eigenvalue weighted by Crippen LogP contribution is -2.41. The molecule has 2 aromatic rings. The Hall–Kier alpha value is -3.42. The molecule has 2 amide bonds.